The normalized spacial score (nSPS) is 19.6. The van der Waals surface area contributed by atoms with Crippen molar-refractivity contribution in [2.75, 3.05) is 40.0 Å². The van der Waals surface area contributed by atoms with Crippen LogP contribution in [0.4, 0.5) is 0 Å². The third-order valence-electron chi connectivity index (χ3n) is 5.18. The molecular weight excluding hydrogens is 366 g/mol. The van der Waals surface area contributed by atoms with Crippen LogP contribution in [0.5, 0.6) is 5.75 Å². The summed E-state index contributed by atoms with van der Waals surface area (Å²) in [6, 6.07) is 14.2. The number of hydrogen-bond donors (Lipinski definition) is 1. The Balaban J connectivity index is 1.59. The minimum atomic E-state index is -0.0301. The Morgan fingerprint density at radius 2 is 2.07 bits per heavy atom. The summed E-state index contributed by atoms with van der Waals surface area (Å²) in [5.74, 6) is 1.17. The van der Waals surface area contributed by atoms with E-state index in [1.165, 1.54) is 5.56 Å². The molecule has 2 atom stereocenters. The Morgan fingerprint density at radius 3 is 2.83 bits per heavy atom. The summed E-state index contributed by atoms with van der Waals surface area (Å²) in [7, 11) is 1.68. The molecule has 1 amide bonds. The van der Waals surface area contributed by atoms with Gasteiger partial charge in [-0.1, -0.05) is 30.3 Å². The Morgan fingerprint density at radius 1 is 1.21 bits per heavy atom. The molecule has 1 aliphatic heterocycles. The minimum Gasteiger partial charge on any atom is -0.492 e. The highest BCUT2D eigenvalue weighted by Crippen LogP contribution is 2.25. The van der Waals surface area contributed by atoms with Gasteiger partial charge in [0, 0.05) is 52.0 Å². The predicted molar refractivity (Wildman–Crippen MR) is 113 cm³/mol. The molecule has 1 N–H and O–H groups in total. The molecular formula is C23H31N3O3. The standard InChI is InChI=1S/C23H31N3O3/c1-28-12-6-11-25-23(27)21-13-20(18-29-22-9-5-10-24-14-22)16-26(17-21)15-19-7-3-2-4-8-19/h2-5,7-10,14,20-21H,6,11-13,15-18H2,1H3,(H,25,27)/t20-,21+/m0/s1. The van der Waals surface area contributed by atoms with E-state index in [9.17, 15) is 4.79 Å². The number of rotatable bonds is 10. The molecule has 0 unspecified atom stereocenters. The molecule has 0 saturated carbocycles. The van der Waals surface area contributed by atoms with E-state index >= 15 is 0 Å². The van der Waals surface area contributed by atoms with Crippen LogP contribution in [0.2, 0.25) is 0 Å². The Kier molecular flexibility index (Phi) is 8.46. The lowest BCUT2D eigenvalue weighted by molar-refractivity contribution is -0.127. The second-order valence-electron chi connectivity index (χ2n) is 7.62. The molecule has 2 heterocycles. The zero-order valence-corrected chi connectivity index (χ0v) is 17.1. The van der Waals surface area contributed by atoms with Gasteiger partial charge in [0.05, 0.1) is 18.7 Å². The highest BCUT2D eigenvalue weighted by Gasteiger charge is 2.32. The lowest BCUT2D eigenvalue weighted by atomic mass is 9.88. The van der Waals surface area contributed by atoms with E-state index < -0.39 is 0 Å². The molecule has 1 fully saturated rings. The number of nitrogens with one attached hydrogen (secondary N) is 1. The summed E-state index contributed by atoms with van der Waals surface area (Å²) in [4.78, 5) is 19.2. The van der Waals surface area contributed by atoms with Crippen molar-refractivity contribution in [2.45, 2.75) is 19.4 Å². The SMILES string of the molecule is COCCCNC(=O)[C@@H]1C[C@H](COc2cccnc2)CN(Cc2ccccc2)C1. The van der Waals surface area contributed by atoms with E-state index in [1.807, 2.05) is 18.2 Å². The van der Waals surface area contributed by atoms with Gasteiger partial charge in [-0.05, 0) is 30.5 Å². The fraction of sp³-hybridized carbons (Fsp3) is 0.478. The van der Waals surface area contributed by atoms with E-state index in [-0.39, 0.29) is 11.8 Å². The van der Waals surface area contributed by atoms with E-state index in [0.29, 0.717) is 25.7 Å². The third kappa shape index (κ3) is 7.15. The van der Waals surface area contributed by atoms with Crippen LogP contribution in [0.25, 0.3) is 0 Å². The second kappa shape index (κ2) is 11.5. The Bertz CT molecular complexity index is 727. The van der Waals surface area contributed by atoms with Gasteiger partial charge in [-0.15, -0.1) is 0 Å². The maximum absolute atomic E-state index is 12.7. The van der Waals surface area contributed by atoms with Gasteiger partial charge >= 0.3 is 0 Å². The lowest BCUT2D eigenvalue weighted by Gasteiger charge is -2.37. The lowest BCUT2D eigenvalue weighted by Crippen LogP contribution is -2.47. The van der Waals surface area contributed by atoms with Crippen LogP contribution in [0.3, 0.4) is 0 Å². The van der Waals surface area contributed by atoms with Crippen molar-refractivity contribution in [1.29, 1.82) is 0 Å². The summed E-state index contributed by atoms with van der Waals surface area (Å²) in [6.07, 6.45) is 5.13. The number of carbonyl (C=O) groups excluding carboxylic acids is 1. The van der Waals surface area contributed by atoms with Crippen LogP contribution in [0.15, 0.2) is 54.9 Å². The van der Waals surface area contributed by atoms with Crippen LogP contribution < -0.4 is 10.1 Å². The number of pyridine rings is 1. The van der Waals surface area contributed by atoms with Gasteiger partial charge in [-0.25, -0.2) is 0 Å². The van der Waals surface area contributed by atoms with Crippen molar-refractivity contribution in [3.8, 4) is 5.75 Å². The van der Waals surface area contributed by atoms with Gasteiger partial charge in [0.2, 0.25) is 5.91 Å². The van der Waals surface area contributed by atoms with Crippen LogP contribution in [0, 0.1) is 11.8 Å². The first-order chi connectivity index (χ1) is 14.2. The molecule has 6 nitrogen and oxygen atoms in total. The minimum absolute atomic E-state index is 0.0301. The number of amides is 1. The van der Waals surface area contributed by atoms with Crippen molar-refractivity contribution in [1.82, 2.24) is 15.2 Å². The summed E-state index contributed by atoms with van der Waals surface area (Å²) >= 11 is 0. The van der Waals surface area contributed by atoms with Crippen LogP contribution in [-0.4, -0.2) is 55.7 Å². The number of piperidine rings is 1. The van der Waals surface area contributed by atoms with E-state index in [2.05, 4.69) is 39.5 Å². The Hall–Kier alpha value is -2.44. The molecule has 0 bridgehead atoms. The highest BCUT2D eigenvalue weighted by atomic mass is 16.5. The quantitative estimate of drug-likeness (QED) is 0.625. The third-order valence-corrected chi connectivity index (χ3v) is 5.18. The van der Waals surface area contributed by atoms with Gasteiger partial charge in [0.25, 0.3) is 0 Å². The molecule has 0 radical (unpaired) electrons. The average molecular weight is 398 g/mol. The van der Waals surface area contributed by atoms with Crippen LogP contribution >= 0.6 is 0 Å². The van der Waals surface area contributed by atoms with Crippen molar-refractivity contribution >= 4 is 5.91 Å². The van der Waals surface area contributed by atoms with E-state index in [0.717, 1.165) is 38.2 Å². The van der Waals surface area contributed by atoms with Gasteiger partial charge in [-0.3, -0.25) is 14.7 Å². The monoisotopic (exact) mass is 397 g/mol. The number of aromatic nitrogens is 1. The van der Waals surface area contributed by atoms with E-state index in [4.69, 9.17) is 9.47 Å². The molecule has 1 aromatic heterocycles. The number of hydrogen-bond acceptors (Lipinski definition) is 5. The van der Waals surface area contributed by atoms with Crippen molar-refractivity contribution in [3.63, 3.8) is 0 Å². The molecule has 1 aromatic carbocycles. The number of likely N-dealkylation sites (tertiary alicyclic amines) is 1. The number of benzene rings is 1. The zero-order valence-electron chi connectivity index (χ0n) is 17.1. The summed E-state index contributed by atoms with van der Waals surface area (Å²) in [5.41, 5.74) is 1.26. The Labute approximate surface area is 173 Å². The molecule has 1 aliphatic rings. The molecule has 0 spiro atoms. The van der Waals surface area contributed by atoms with Crippen LogP contribution in [-0.2, 0) is 16.1 Å². The summed E-state index contributed by atoms with van der Waals surface area (Å²) in [5, 5.41) is 3.07. The molecule has 2 aromatic rings. The van der Waals surface area contributed by atoms with E-state index in [1.54, 1.807) is 19.5 Å². The maximum Gasteiger partial charge on any atom is 0.224 e. The van der Waals surface area contributed by atoms with Crippen molar-refractivity contribution < 1.29 is 14.3 Å². The number of ether oxygens (including phenoxy) is 2. The number of nitrogens with zero attached hydrogens (tertiary/aromatic N) is 2. The molecule has 0 aliphatic carbocycles. The zero-order chi connectivity index (χ0) is 20.3. The van der Waals surface area contributed by atoms with Crippen molar-refractivity contribution in [2.24, 2.45) is 11.8 Å². The summed E-state index contributed by atoms with van der Waals surface area (Å²) < 4.78 is 11.0. The predicted octanol–water partition coefficient (Wildman–Crippen LogP) is 2.75. The van der Waals surface area contributed by atoms with Crippen LogP contribution in [0.1, 0.15) is 18.4 Å². The molecule has 3 rings (SSSR count). The first-order valence-corrected chi connectivity index (χ1v) is 10.3. The number of carbonyl (C=O) groups is 1. The van der Waals surface area contributed by atoms with Crippen molar-refractivity contribution in [3.05, 3.63) is 60.4 Å². The molecule has 29 heavy (non-hydrogen) atoms. The second-order valence-corrected chi connectivity index (χ2v) is 7.62. The smallest absolute Gasteiger partial charge is 0.224 e. The summed E-state index contributed by atoms with van der Waals surface area (Å²) in [6.45, 7) is 4.44. The maximum atomic E-state index is 12.7. The molecule has 6 heteroatoms. The van der Waals surface area contributed by atoms with Gasteiger partial charge in [0.15, 0.2) is 0 Å². The molecule has 1 saturated heterocycles. The molecule has 156 valence electrons. The van der Waals surface area contributed by atoms with Gasteiger partial charge < -0.3 is 14.8 Å². The topological polar surface area (TPSA) is 63.7 Å². The first kappa shape index (κ1) is 21.3. The highest BCUT2D eigenvalue weighted by molar-refractivity contribution is 5.79. The number of methoxy groups -OCH3 is 1. The van der Waals surface area contributed by atoms with Gasteiger partial charge in [-0.2, -0.15) is 0 Å². The largest absolute Gasteiger partial charge is 0.492 e. The van der Waals surface area contributed by atoms with Gasteiger partial charge in [0.1, 0.15) is 5.75 Å². The fourth-order valence-electron chi connectivity index (χ4n) is 3.80. The average Bonchev–Trinajstić information content (AvgIpc) is 2.76. The first-order valence-electron chi connectivity index (χ1n) is 10.3. The fourth-order valence-corrected chi connectivity index (χ4v) is 3.80.